The van der Waals surface area contributed by atoms with Crippen molar-refractivity contribution >= 4 is 27.4 Å². The maximum absolute atomic E-state index is 12.7. The number of pyridine rings is 1. The number of piperidine rings is 1. The molecule has 0 amide bonds. The van der Waals surface area contributed by atoms with E-state index in [2.05, 4.69) is 10.3 Å². The number of sulfonamides is 1. The SMILES string of the molecule is CNc1ncc(S(=O)(=O)N2CCCC(C)(OC)C2)cc1Cl. The van der Waals surface area contributed by atoms with Crippen molar-refractivity contribution < 1.29 is 13.2 Å². The molecule has 1 aromatic rings. The molecular formula is C13H20ClN3O3S. The summed E-state index contributed by atoms with van der Waals surface area (Å²) >= 11 is 6.03. The molecule has 1 saturated heterocycles. The van der Waals surface area contributed by atoms with Gasteiger partial charge in [0.15, 0.2) is 0 Å². The van der Waals surface area contributed by atoms with Crippen molar-refractivity contribution in [1.82, 2.24) is 9.29 Å². The number of aromatic nitrogens is 1. The van der Waals surface area contributed by atoms with Crippen LogP contribution in [0.25, 0.3) is 0 Å². The standard InChI is InChI=1S/C13H20ClN3O3S/c1-13(20-3)5-4-6-17(9-13)21(18,19)10-7-11(14)12(15-2)16-8-10/h7-8H,4-6,9H2,1-3H3,(H,15,16). The van der Waals surface area contributed by atoms with Crippen LogP contribution in [-0.2, 0) is 14.8 Å². The van der Waals surface area contributed by atoms with Gasteiger partial charge in [-0.2, -0.15) is 4.31 Å². The monoisotopic (exact) mass is 333 g/mol. The molecule has 1 aliphatic heterocycles. The van der Waals surface area contributed by atoms with Gasteiger partial charge < -0.3 is 10.1 Å². The molecule has 0 radical (unpaired) electrons. The van der Waals surface area contributed by atoms with Crippen LogP contribution in [0.2, 0.25) is 5.02 Å². The molecule has 1 atom stereocenters. The molecule has 118 valence electrons. The summed E-state index contributed by atoms with van der Waals surface area (Å²) in [5, 5.41) is 3.09. The highest BCUT2D eigenvalue weighted by atomic mass is 35.5. The summed E-state index contributed by atoms with van der Waals surface area (Å²) in [6.45, 7) is 2.73. The van der Waals surface area contributed by atoms with E-state index in [1.807, 2.05) is 6.92 Å². The Morgan fingerprint density at radius 3 is 2.81 bits per heavy atom. The Bertz CT molecular complexity index is 623. The zero-order valence-corrected chi connectivity index (χ0v) is 14.0. The topological polar surface area (TPSA) is 71.5 Å². The van der Waals surface area contributed by atoms with E-state index in [0.717, 1.165) is 12.8 Å². The zero-order valence-electron chi connectivity index (χ0n) is 12.4. The highest BCUT2D eigenvalue weighted by Gasteiger charge is 2.37. The van der Waals surface area contributed by atoms with Gasteiger partial charge in [-0.05, 0) is 25.8 Å². The molecule has 1 aromatic heterocycles. The molecule has 2 heterocycles. The summed E-state index contributed by atoms with van der Waals surface area (Å²) in [5.41, 5.74) is -0.451. The van der Waals surface area contributed by atoms with Crippen LogP contribution in [0, 0.1) is 0 Å². The van der Waals surface area contributed by atoms with E-state index in [1.165, 1.54) is 16.6 Å². The molecular weight excluding hydrogens is 314 g/mol. The van der Waals surface area contributed by atoms with Crippen LogP contribution in [0.3, 0.4) is 0 Å². The summed E-state index contributed by atoms with van der Waals surface area (Å²) < 4.78 is 32.3. The van der Waals surface area contributed by atoms with Crippen molar-refractivity contribution in [3.8, 4) is 0 Å². The summed E-state index contributed by atoms with van der Waals surface area (Å²) in [4.78, 5) is 4.14. The third kappa shape index (κ3) is 3.31. The average Bonchev–Trinajstić information content (AvgIpc) is 2.47. The van der Waals surface area contributed by atoms with Crippen LogP contribution in [0.4, 0.5) is 5.82 Å². The van der Waals surface area contributed by atoms with Crippen molar-refractivity contribution in [3.05, 3.63) is 17.3 Å². The number of methoxy groups -OCH3 is 1. The molecule has 1 unspecified atom stereocenters. The van der Waals surface area contributed by atoms with Gasteiger partial charge in [0.25, 0.3) is 0 Å². The van der Waals surface area contributed by atoms with Gasteiger partial charge in [-0.3, -0.25) is 0 Å². The average molecular weight is 334 g/mol. The predicted octanol–water partition coefficient (Wildman–Crippen LogP) is 1.97. The molecule has 0 spiro atoms. The second kappa shape index (κ2) is 6.08. The fourth-order valence-electron chi connectivity index (χ4n) is 2.43. The van der Waals surface area contributed by atoms with Gasteiger partial charge in [0.1, 0.15) is 10.7 Å². The van der Waals surface area contributed by atoms with Gasteiger partial charge in [-0.1, -0.05) is 11.6 Å². The number of anilines is 1. The number of rotatable bonds is 4. The smallest absolute Gasteiger partial charge is 0.244 e. The van der Waals surface area contributed by atoms with Gasteiger partial charge >= 0.3 is 0 Å². The van der Waals surface area contributed by atoms with Crippen molar-refractivity contribution in [2.75, 3.05) is 32.6 Å². The molecule has 6 nitrogen and oxygen atoms in total. The predicted molar refractivity (Wildman–Crippen MR) is 82.2 cm³/mol. The Morgan fingerprint density at radius 2 is 2.24 bits per heavy atom. The van der Waals surface area contributed by atoms with E-state index in [4.69, 9.17) is 16.3 Å². The summed E-state index contributed by atoms with van der Waals surface area (Å²) in [7, 11) is -0.327. The lowest BCUT2D eigenvalue weighted by Gasteiger charge is -2.38. The number of ether oxygens (including phenoxy) is 1. The van der Waals surface area contributed by atoms with Crippen molar-refractivity contribution in [3.63, 3.8) is 0 Å². The van der Waals surface area contributed by atoms with Crippen molar-refractivity contribution in [1.29, 1.82) is 0 Å². The maximum Gasteiger partial charge on any atom is 0.244 e. The third-order valence-electron chi connectivity index (χ3n) is 3.81. The van der Waals surface area contributed by atoms with E-state index >= 15 is 0 Å². The maximum atomic E-state index is 12.7. The van der Waals surface area contributed by atoms with Crippen molar-refractivity contribution in [2.45, 2.75) is 30.3 Å². The Balaban J connectivity index is 2.31. The van der Waals surface area contributed by atoms with E-state index in [9.17, 15) is 8.42 Å². The van der Waals surface area contributed by atoms with Gasteiger partial charge in [0, 0.05) is 33.4 Å². The number of nitrogens with zero attached hydrogens (tertiary/aromatic N) is 2. The first-order valence-electron chi connectivity index (χ1n) is 6.71. The molecule has 8 heteroatoms. The molecule has 1 aliphatic rings. The molecule has 0 aromatic carbocycles. The molecule has 0 aliphatic carbocycles. The molecule has 1 N–H and O–H groups in total. The van der Waals surface area contributed by atoms with Gasteiger partial charge in [0.05, 0.1) is 10.6 Å². The second-order valence-corrected chi connectivity index (χ2v) is 7.69. The molecule has 2 rings (SSSR count). The highest BCUT2D eigenvalue weighted by molar-refractivity contribution is 7.89. The fraction of sp³-hybridized carbons (Fsp3) is 0.615. The minimum absolute atomic E-state index is 0.104. The Morgan fingerprint density at radius 1 is 1.52 bits per heavy atom. The van der Waals surface area contributed by atoms with E-state index < -0.39 is 15.6 Å². The lowest BCUT2D eigenvalue weighted by molar-refractivity contribution is -0.0319. The van der Waals surface area contributed by atoms with Crippen molar-refractivity contribution in [2.24, 2.45) is 0 Å². The Kier molecular flexibility index (Phi) is 4.77. The van der Waals surface area contributed by atoms with Gasteiger partial charge in [-0.15, -0.1) is 0 Å². The van der Waals surface area contributed by atoms with Crippen LogP contribution in [0.15, 0.2) is 17.2 Å². The summed E-state index contributed by atoms with van der Waals surface area (Å²) in [6.07, 6.45) is 2.93. The first kappa shape index (κ1) is 16.5. The van der Waals surface area contributed by atoms with E-state index in [1.54, 1.807) is 14.2 Å². The first-order chi connectivity index (χ1) is 9.82. The molecule has 21 heavy (non-hydrogen) atoms. The lowest BCUT2D eigenvalue weighted by atomic mass is 9.96. The largest absolute Gasteiger partial charge is 0.377 e. The third-order valence-corrected chi connectivity index (χ3v) is 5.91. The zero-order chi connectivity index (χ0) is 15.7. The molecule has 0 bridgehead atoms. The number of hydrogen-bond donors (Lipinski definition) is 1. The number of halogens is 1. The number of hydrogen-bond acceptors (Lipinski definition) is 5. The first-order valence-corrected chi connectivity index (χ1v) is 8.53. The van der Waals surface area contributed by atoms with Crippen LogP contribution in [0.1, 0.15) is 19.8 Å². The highest BCUT2D eigenvalue weighted by Crippen LogP contribution is 2.30. The fourth-order valence-corrected chi connectivity index (χ4v) is 4.32. The van der Waals surface area contributed by atoms with Crippen LogP contribution >= 0.6 is 11.6 Å². The van der Waals surface area contributed by atoms with Crippen LogP contribution < -0.4 is 5.32 Å². The van der Waals surface area contributed by atoms with E-state index in [0.29, 0.717) is 18.9 Å². The Labute approximate surface area is 130 Å². The lowest BCUT2D eigenvalue weighted by Crippen LogP contribution is -2.49. The number of nitrogens with one attached hydrogen (secondary N) is 1. The van der Waals surface area contributed by atoms with Crippen LogP contribution in [-0.4, -0.2) is 50.6 Å². The minimum atomic E-state index is -3.61. The quantitative estimate of drug-likeness (QED) is 0.912. The second-order valence-electron chi connectivity index (χ2n) is 5.35. The minimum Gasteiger partial charge on any atom is -0.377 e. The van der Waals surface area contributed by atoms with Gasteiger partial charge in [0.2, 0.25) is 10.0 Å². The molecule has 1 fully saturated rings. The van der Waals surface area contributed by atoms with Crippen LogP contribution in [0.5, 0.6) is 0 Å². The summed E-state index contributed by atoms with van der Waals surface area (Å²) in [5.74, 6) is 0.455. The van der Waals surface area contributed by atoms with Gasteiger partial charge in [-0.25, -0.2) is 13.4 Å². The molecule has 0 saturated carbocycles. The van der Waals surface area contributed by atoms with E-state index in [-0.39, 0.29) is 9.92 Å². The Hall–Kier alpha value is -0.890. The summed E-state index contributed by atoms with van der Waals surface area (Å²) in [6, 6.07) is 1.43. The normalized spacial score (nSPS) is 24.0.